The third-order valence-corrected chi connectivity index (χ3v) is 9.72. The van der Waals surface area contributed by atoms with Crippen molar-refractivity contribution in [2.75, 3.05) is 54.7 Å². The van der Waals surface area contributed by atoms with E-state index in [0.717, 1.165) is 45.5 Å². The first-order valence-electron chi connectivity index (χ1n) is 18.1. The molecule has 0 aliphatic heterocycles. The lowest BCUT2D eigenvalue weighted by Gasteiger charge is -2.22. The number of esters is 4. The third kappa shape index (κ3) is 9.82. The average molecular weight is 773 g/mol. The Morgan fingerprint density at radius 2 is 1.00 bits per heavy atom. The highest BCUT2D eigenvalue weighted by molar-refractivity contribution is 6.02. The Kier molecular flexibility index (Phi) is 15.0. The summed E-state index contributed by atoms with van der Waals surface area (Å²) in [5.41, 5.74) is 8.70. The van der Waals surface area contributed by atoms with Crippen molar-refractivity contribution >= 4 is 30.0 Å². The smallest absolute Gasteiger partial charge is 0.407 e. The van der Waals surface area contributed by atoms with Crippen LogP contribution in [0.5, 0.6) is 11.8 Å². The Morgan fingerprint density at radius 3 is 1.35 bits per heavy atom. The van der Waals surface area contributed by atoms with Crippen LogP contribution in [0.4, 0.5) is 4.79 Å². The molecule has 16 heteroatoms. The van der Waals surface area contributed by atoms with Gasteiger partial charge in [0, 0.05) is 54.7 Å². The van der Waals surface area contributed by atoms with Crippen LogP contribution < -0.4 is 20.5 Å². The van der Waals surface area contributed by atoms with Gasteiger partial charge in [-0.3, -0.25) is 19.2 Å². The highest BCUT2D eigenvalue weighted by Crippen LogP contribution is 2.44. The van der Waals surface area contributed by atoms with Crippen LogP contribution in [0.25, 0.3) is 0 Å². The van der Waals surface area contributed by atoms with Crippen molar-refractivity contribution < 1.29 is 57.1 Å². The van der Waals surface area contributed by atoms with E-state index in [-0.39, 0.29) is 25.7 Å². The molecule has 0 fully saturated rings. The average Bonchev–Trinajstić information content (AvgIpc) is 3.77. The first kappa shape index (κ1) is 44.4. The number of nitrogens with zero attached hydrogens (tertiary/aromatic N) is 2. The number of ether oxygens (including phenoxy) is 7. The predicted molar refractivity (Wildman–Crippen MR) is 199 cm³/mol. The molecule has 2 aromatic heterocycles. The molecule has 2 aromatic rings. The zero-order valence-corrected chi connectivity index (χ0v) is 33.9. The molecule has 2 heterocycles. The number of carbonyl (C=O) groups excluding carboxylic acids is 5. The van der Waals surface area contributed by atoms with Gasteiger partial charge in [-0.2, -0.15) is 0 Å². The normalized spacial score (nSPS) is 14.6. The molecular formula is C39H56N4O12. The molecule has 2 aliphatic rings. The second-order valence-electron chi connectivity index (χ2n) is 14.6. The summed E-state index contributed by atoms with van der Waals surface area (Å²) in [5.74, 6) is -1.45. The number of pyridine rings is 2. The second kappa shape index (κ2) is 18.6. The van der Waals surface area contributed by atoms with Gasteiger partial charge in [-0.1, -0.05) is 0 Å². The Morgan fingerprint density at radius 1 is 0.636 bits per heavy atom. The van der Waals surface area contributed by atoms with Crippen molar-refractivity contribution in [1.82, 2.24) is 15.3 Å². The summed E-state index contributed by atoms with van der Waals surface area (Å²) in [6.45, 7) is 14.5. The number of carbonyl (C=O) groups is 5. The molecule has 16 nitrogen and oxygen atoms in total. The van der Waals surface area contributed by atoms with Gasteiger partial charge < -0.3 is 44.2 Å². The minimum absolute atomic E-state index is 0.174. The molecule has 0 radical (unpaired) electrons. The number of hydrogen-bond acceptors (Lipinski definition) is 15. The van der Waals surface area contributed by atoms with Crippen molar-refractivity contribution in [3.8, 4) is 11.8 Å². The van der Waals surface area contributed by atoms with Crippen molar-refractivity contribution in [2.45, 2.75) is 92.6 Å². The van der Waals surface area contributed by atoms with Gasteiger partial charge in [0.25, 0.3) is 0 Å². The van der Waals surface area contributed by atoms with Crippen molar-refractivity contribution in [2.24, 2.45) is 16.6 Å². The van der Waals surface area contributed by atoms with E-state index in [0.29, 0.717) is 50.2 Å². The summed E-state index contributed by atoms with van der Waals surface area (Å²) >= 11 is 0. The van der Waals surface area contributed by atoms with Crippen molar-refractivity contribution in [3.63, 3.8) is 0 Å². The quantitative estimate of drug-likeness (QED) is 0.129. The van der Waals surface area contributed by atoms with Gasteiger partial charge in [0.1, 0.15) is 5.60 Å². The van der Waals surface area contributed by atoms with Crippen LogP contribution in [0.3, 0.4) is 0 Å². The van der Waals surface area contributed by atoms with Gasteiger partial charge in [0.15, 0.2) is 10.8 Å². The van der Waals surface area contributed by atoms with Crippen LogP contribution in [-0.4, -0.2) is 100 Å². The lowest BCUT2D eigenvalue weighted by atomic mass is 9.84. The standard InChI is InChI=1S/C22H32N2O7.C17H24N2O5/c1-13-15-11-22(18(25)28-6,19(26)29-7)12-16(15)14(2)24-17(13)30-10-8-9-23-20(27)31-21(3,4)5;1-10-12-8-17(15(20)22-3,16(21)23-4)9-13(12)11(2)19-14(10)24-7-5-6-18/h8-12H2,1-7H3,(H,23,27);5-9,18H2,1-4H3. The molecule has 3 N–H and O–H groups in total. The monoisotopic (exact) mass is 772 g/mol. The lowest BCUT2D eigenvalue weighted by Crippen LogP contribution is -2.42. The molecule has 55 heavy (non-hydrogen) atoms. The number of methoxy groups -OCH3 is 4. The van der Waals surface area contributed by atoms with Crippen LogP contribution in [0.2, 0.25) is 0 Å². The highest BCUT2D eigenvalue weighted by Gasteiger charge is 2.55. The van der Waals surface area contributed by atoms with Gasteiger partial charge in [0.05, 0.1) is 41.7 Å². The fraction of sp³-hybridized carbons (Fsp3) is 0.615. The maximum Gasteiger partial charge on any atom is 0.407 e. The number of nitrogens with one attached hydrogen (secondary N) is 1. The Labute approximate surface area is 322 Å². The number of fused-ring (bicyclic) bond motifs is 2. The molecule has 304 valence electrons. The summed E-state index contributed by atoms with van der Waals surface area (Å²) in [6, 6.07) is 0. The molecule has 0 atom stereocenters. The van der Waals surface area contributed by atoms with E-state index in [1.165, 1.54) is 28.4 Å². The SMILES string of the molecule is COC(=O)C1(C(=O)OC)Cc2c(C)nc(OCCCN)c(C)c2C1.COC(=O)C1(C(=O)OC)Cc2c(C)nc(OCCCNC(=O)OC(C)(C)C)c(C)c2C1. The van der Waals surface area contributed by atoms with E-state index in [9.17, 15) is 24.0 Å². The number of hydrogen-bond donors (Lipinski definition) is 2. The van der Waals surface area contributed by atoms with Crippen LogP contribution in [0.1, 0.15) is 78.4 Å². The van der Waals surface area contributed by atoms with Gasteiger partial charge in [-0.25, -0.2) is 14.8 Å². The minimum atomic E-state index is -1.40. The van der Waals surface area contributed by atoms with Crippen LogP contribution in [-0.2, 0) is 68.5 Å². The topological polar surface area (TPSA) is 214 Å². The summed E-state index contributed by atoms with van der Waals surface area (Å²) in [5, 5.41) is 2.68. The number of amides is 1. The fourth-order valence-electron chi connectivity index (χ4n) is 6.84. The molecule has 0 unspecified atom stereocenters. The van der Waals surface area contributed by atoms with E-state index in [1.54, 1.807) is 20.8 Å². The number of rotatable bonds is 13. The van der Waals surface area contributed by atoms with Gasteiger partial charge in [-0.05, 0) is 90.1 Å². The van der Waals surface area contributed by atoms with E-state index < -0.39 is 46.4 Å². The molecule has 0 spiro atoms. The molecule has 0 saturated heterocycles. The summed E-state index contributed by atoms with van der Waals surface area (Å²) in [4.78, 5) is 70.3. The molecule has 1 amide bonds. The Balaban J connectivity index is 0.000000305. The Bertz CT molecular complexity index is 1740. The number of alkyl carbamates (subject to hydrolysis) is 1. The molecule has 4 rings (SSSR count). The van der Waals surface area contributed by atoms with E-state index in [1.807, 2.05) is 27.7 Å². The van der Waals surface area contributed by atoms with E-state index in [4.69, 9.17) is 38.9 Å². The third-order valence-electron chi connectivity index (χ3n) is 9.72. The molecule has 2 aliphatic carbocycles. The molecule has 0 bridgehead atoms. The lowest BCUT2D eigenvalue weighted by molar-refractivity contribution is -0.170. The summed E-state index contributed by atoms with van der Waals surface area (Å²) in [6.07, 6.45) is 1.62. The number of nitrogens with two attached hydrogens (primary N) is 1. The second-order valence-corrected chi connectivity index (χ2v) is 14.6. The van der Waals surface area contributed by atoms with Gasteiger partial charge in [0.2, 0.25) is 11.8 Å². The summed E-state index contributed by atoms with van der Waals surface area (Å²) in [7, 11) is 5.06. The number of aromatic nitrogens is 2. The Hall–Kier alpha value is -4.99. The van der Waals surface area contributed by atoms with E-state index in [2.05, 4.69) is 15.3 Å². The van der Waals surface area contributed by atoms with E-state index >= 15 is 0 Å². The zero-order chi connectivity index (χ0) is 41.3. The van der Waals surface area contributed by atoms with Gasteiger partial charge in [-0.15, -0.1) is 0 Å². The van der Waals surface area contributed by atoms with Crippen molar-refractivity contribution in [3.05, 3.63) is 44.8 Å². The van der Waals surface area contributed by atoms with Crippen LogP contribution in [0, 0.1) is 38.5 Å². The first-order chi connectivity index (χ1) is 25.9. The summed E-state index contributed by atoms with van der Waals surface area (Å²) < 4.78 is 36.3. The number of aryl methyl sites for hydroxylation is 2. The van der Waals surface area contributed by atoms with Crippen LogP contribution in [0.15, 0.2) is 0 Å². The molecule has 0 aromatic carbocycles. The maximum atomic E-state index is 12.5. The minimum Gasteiger partial charge on any atom is -0.477 e. The molecule has 0 saturated carbocycles. The van der Waals surface area contributed by atoms with Crippen LogP contribution >= 0.6 is 0 Å². The zero-order valence-electron chi connectivity index (χ0n) is 33.9. The molecular weight excluding hydrogens is 716 g/mol. The van der Waals surface area contributed by atoms with Gasteiger partial charge >= 0.3 is 30.0 Å². The highest BCUT2D eigenvalue weighted by atomic mass is 16.6. The van der Waals surface area contributed by atoms with Crippen molar-refractivity contribution in [1.29, 1.82) is 0 Å². The predicted octanol–water partition coefficient (Wildman–Crippen LogP) is 3.28. The maximum absolute atomic E-state index is 12.5. The first-order valence-corrected chi connectivity index (χ1v) is 18.1. The fourth-order valence-corrected chi connectivity index (χ4v) is 6.84. The largest absolute Gasteiger partial charge is 0.477 e.